The van der Waals surface area contributed by atoms with Crippen LogP contribution in [0.2, 0.25) is 0 Å². The fourth-order valence-electron chi connectivity index (χ4n) is 2.51. The number of piperidine rings is 1. The van der Waals surface area contributed by atoms with Crippen LogP contribution in [-0.2, 0) is 6.54 Å². The largest absolute Gasteiger partial charge is 0.396 e. The first-order valence-electron chi connectivity index (χ1n) is 6.45. The molecule has 0 spiro atoms. The van der Waals surface area contributed by atoms with E-state index in [1.165, 1.54) is 35.0 Å². The second-order valence-electron chi connectivity index (χ2n) is 5.00. The molecular weight excluding hydrogens is 232 g/mol. The summed E-state index contributed by atoms with van der Waals surface area (Å²) in [6.07, 6.45) is 3.48. The Bertz CT molecular complexity index is 343. The predicted molar refractivity (Wildman–Crippen MR) is 71.3 cm³/mol. The Balaban J connectivity index is 1.90. The zero-order chi connectivity index (χ0) is 12.3. The standard InChI is InChI=1S/C13H22N2OS/c1-10-11(2)17-13(14-10)9-15-6-3-4-12(8-15)5-7-16/h12,16H,3-9H2,1-2H3. The van der Waals surface area contributed by atoms with Gasteiger partial charge < -0.3 is 5.11 Å². The second-order valence-corrected chi connectivity index (χ2v) is 6.29. The van der Waals surface area contributed by atoms with Crippen LogP contribution < -0.4 is 0 Å². The van der Waals surface area contributed by atoms with Crippen LogP contribution in [0.25, 0.3) is 0 Å². The number of nitrogens with zero attached hydrogens (tertiary/aromatic N) is 2. The summed E-state index contributed by atoms with van der Waals surface area (Å²) in [6.45, 7) is 7.84. The molecule has 1 aromatic rings. The number of aromatic nitrogens is 1. The molecule has 1 saturated heterocycles. The van der Waals surface area contributed by atoms with Gasteiger partial charge in [0.1, 0.15) is 5.01 Å². The maximum Gasteiger partial charge on any atom is 0.107 e. The minimum absolute atomic E-state index is 0.327. The zero-order valence-corrected chi connectivity index (χ0v) is 11.6. The van der Waals surface area contributed by atoms with Crippen LogP contribution in [-0.4, -0.2) is 34.7 Å². The van der Waals surface area contributed by atoms with Gasteiger partial charge in [-0.1, -0.05) is 0 Å². The fourth-order valence-corrected chi connectivity index (χ4v) is 3.49. The predicted octanol–water partition coefficient (Wildman–Crippen LogP) is 2.35. The Kier molecular flexibility index (Phi) is 4.54. The Hall–Kier alpha value is -0.450. The van der Waals surface area contributed by atoms with E-state index >= 15 is 0 Å². The first kappa shape index (κ1) is 13.0. The minimum Gasteiger partial charge on any atom is -0.396 e. The number of hydrogen-bond acceptors (Lipinski definition) is 4. The van der Waals surface area contributed by atoms with Gasteiger partial charge in [0.25, 0.3) is 0 Å². The highest BCUT2D eigenvalue weighted by Crippen LogP contribution is 2.23. The van der Waals surface area contributed by atoms with Crippen molar-refractivity contribution >= 4 is 11.3 Å². The summed E-state index contributed by atoms with van der Waals surface area (Å²) in [4.78, 5) is 8.43. The number of rotatable bonds is 4. The van der Waals surface area contributed by atoms with E-state index in [0.29, 0.717) is 12.5 Å². The summed E-state index contributed by atoms with van der Waals surface area (Å²) in [7, 11) is 0. The van der Waals surface area contributed by atoms with E-state index in [-0.39, 0.29) is 0 Å². The molecule has 0 saturated carbocycles. The molecule has 1 aliphatic rings. The van der Waals surface area contributed by atoms with Gasteiger partial charge in [-0.3, -0.25) is 4.90 Å². The average Bonchev–Trinajstić information content (AvgIpc) is 2.59. The number of likely N-dealkylation sites (tertiary alicyclic amines) is 1. The normalized spacial score (nSPS) is 21.9. The van der Waals surface area contributed by atoms with Crippen LogP contribution in [0.5, 0.6) is 0 Å². The molecule has 0 aromatic carbocycles. The molecule has 2 rings (SSSR count). The molecule has 1 unspecified atom stereocenters. The van der Waals surface area contributed by atoms with Gasteiger partial charge >= 0.3 is 0 Å². The second kappa shape index (κ2) is 5.94. The molecule has 1 N–H and O–H groups in total. The third kappa shape index (κ3) is 3.50. The molecule has 0 aliphatic carbocycles. The molecule has 1 aliphatic heterocycles. The van der Waals surface area contributed by atoms with E-state index in [1.54, 1.807) is 0 Å². The first-order valence-corrected chi connectivity index (χ1v) is 7.27. The van der Waals surface area contributed by atoms with E-state index in [0.717, 1.165) is 19.5 Å². The van der Waals surface area contributed by atoms with Crippen molar-refractivity contribution in [2.75, 3.05) is 19.7 Å². The molecule has 4 heteroatoms. The number of hydrogen-bond donors (Lipinski definition) is 1. The Morgan fingerprint density at radius 2 is 2.29 bits per heavy atom. The molecule has 2 heterocycles. The lowest BCUT2D eigenvalue weighted by Crippen LogP contribution is -2.35. The van der Waals surface area contributed by atoms with Crippen molar-refractivity contribution in [1.29, 1.82) is 0 Å². The fraction of sp³-hybridized carbons (Fsp3) is 0.769. The lowest BCUT2D eigenvalue weighted by atomic mass is 9.95. The summed E-state index contributed by atoms with van der Waals surface area (Å²) in [6, 6.07) is 0. The highest BCUT2D eigenvalue weighted by molar-refractivity contribution is 7.11. The molecule has 0 radical (unpaired) electrons. The van der Waals surface area contributed by atoms with Gasteiger partial charge in [-0.2, -0.15) is 0 Å². The highest BCUT2D eigenvalue weighted by atomic mass is 32.1. The Labute approximate surface area is 107 Å². The number of thiazole rings is 1. The molecule has 1 aromatic heterocycles. The van der Waals surface area contributed by atoms with Crippen LogP contribution in [0.1, 0.15) is 34.8 Å². The first-order chi connectivity index (χ1) is 8.19. The van der Waals surface area contributed by atoms with Crippen molar-refractivity contribution in [3.05, 3.63) is 15.6 Å². The molecule has 1 fully saturated rings. The minimum atomic E-state index is 0.327. The smallest absolute Gasteiger partial charge is 0.107 e. The third-order valence-corrected chi connectivity index (χ3v) is 4.63. The molecular formula is C13H22N2OS. The Morgan fingerprint density at radius 3 is 2.94 bits per heavy atom. The van der Waals surface area contributed by atoms with E-state index < -0.39 is 0 Å². The van der Waals surface area contributed by atoms with Gasteiger partial charge in [0, 0.05) is 18.0 Å². The van der Waals surface area contributed by atoms with E-state index in [9.17, 15) is 0 Å². The highest BCUT2D eigenvalue weighted by Gasteiger charge is 2.20. The van der Waals surface area contributed by atoms with Gasteiger partial charge in [0.15, 0.2) is 0 Å². The van der Waals surface area contributed by atoms with Crippen LogP contribution >= 0.6 is 11.3 Å². The van der Waals surface area contributed by atoms with Crippen LogP contribution in [0, 0.1) is 19.8 Å². The Morgan fingerprint density at radius 1 is 1.47 bits per heavy atom. The van der Waals surface area contributed by atoms with Gasteiger partial charge in [0.05, 0.1) is 12.2 Å². The number of aryl methyl sites for hydroxylation is 2. The summed E-state index contributed by atoms with van der Waals surface area (Å²) in [5.41, 5.74) is 1.17. The van der Waals surface area contributed by atoms with Crippen molar-refractivity contribution in [2.24, 2.45) is 5.92 Å². The average molecular weight is 254 g/mol. The molecule has 1 atom stereocenters. The van der Waals surface area contributed by atoms with Gasteiger partial charge in [-0.05, 0) is 45.6 Å². The molecule has 3 nitrogen and oxygen atoms in total. The lowest BCUT2D eigenvalue weighted by Gasteiger charge is -2.31. The summed E-state index contributed by atoms with van der Waals surface area (Å²) in [5, 5.41) is 10.2. The quantitative estimate of drug-likeness (QED) is 0.896. The van der Waals surface area contributed by atoms with Crippen molar-refractivity contribution in [3.8, 4) is 0 Å². The monoisotopic (exact) mass is 254 g/mol. The van der Waals surface area contributed by atoms with Crippen LogP contribution in [0.4, 0.5) is 0 Å². The van der Waals surface area contributed by atoms with E-state index in [2.05, 4.69) is 23.7 Å². The SMILES string of the molecule is Cc1nc(CN2CCCC(CCO)C2)sc1C. The van der Waals surface area contributed by atoms with Crippen molar-refractivity contribution in [2.45, 2.75) is 39.7 Å². The number of aliphatic hydroxyl groups excluding tert-OH is 1. The number of aliphatic hydroxyl groups is 1. The summed E-state index contributed by atoms with van der Waals surface area (Å²) >= 11 is 1.82. The van der Waals surface area contributed by atoms with Crippen molar-refractivity contribution in [3.63, 3.8) is 0 Å². The molecule has 0 amide bonds. The molecule has 0 bridgehead atoms. The van der Waals surface area contributed by atoms with Gasteiger partial charge in [0.2, 0.25) is 0 Å². The van der Waals surface area contributed by atoms with E-state index in [1.807, 2.05) is 11.3 Å². The van der Waals surface area contributed by atoms with Crippen molar-refractivity contribution in [1.82, 2.24) is 9.88 Å². The van der Waals surface area contributed by atoms with Crippen molar-refractivity contribution < 1.29 is 5.11 Å². The maximum absolute atomic E-state index is 9.01. The lowest BCUT2D eigenvalue weighted by molar-refractivity contribution is 0.142. The zero-order valence-electron chi connectivity index (χ0n) is 10.8. The maximum atomic E-state index is 9.01. The molecule has 17 heavy (non-hydrogen) atoms. The third-order valence-electron chi connectivity index (χ3n) is 3.57. The molecule has 96 valence electrons. The van der Waals surface area contributed by atoms with Crippen LogP contribution in [0.3, 0.4) is 0 Å². The van der Waals surface area contributed by atoms with Gasteiger partial charge in [-0.15, -0.1) is 11.3 Å². The summed E-state index contributed by atoms with van der Waals surface area (Å²) in [5.74, 6) is 0.677. The topological polar surface area (TPSA) is 36.4 Å². The van der Waals surface area contributed by atoms with Crippen LogP contribution in [0.15, 0.2) is 0 Å². The van der Waals surface area contributed by atoms with E-state index in [4.69, 9.17) is 5.11 Å². The van der Waals surface area contributed by atoms with Gasteiger partial charge in [-0.25, -0.2) is 4.98 Å². The summed E-state index contributed by atoms with van der Waals surface area (Å²) < 4.78 is 0.